The Labute approximate surface area is 201 Å². The third kappa shape index (κ3) is 3.71. The van der Waals surface area contributed by atoms with Gasteiger partial charge in [0.1, 0.15) is 5.82 Å². The van der Waals surface area contributed by atoms with Crippen molar-refractivity contribution >= 4 is 5.91 Å². The van der Waals surface area contributed by atoms with Crippen LogP contribution in [0.2, 0.25) is 0 Å². The summed E-state index contributed by atoms with van der Waals surface area (Å²) in [4.78, 5) is 21.1. The number of alkyl halides is 3. The van der Waals surface area contributed by atoms with E-state index in [1.807, 2.05) is 56.0 Å². The molecule has 0 bridgehead atoms. The van der Waals surface area contributed by atoms with E-state index in [4.69, 9.17) is 4.74 Å². The fourth-order valence-corrected chi connectivity index (χ4v) is 5.04. The molecule has 0 N–H and O–H groups in total. The molecule has 3 heterocycles. The fourth-order valence-electron chi connectivity index (χ4n) is 5.04. The minimum atomic E-state index is -4.54. The summed E-state index contributed by atoms with van der Waals surface area (Å²) in [6.45, 7) is 7.34. The Balaban J connectivity index is 1.77. The molecule has 35 heavy (non-hydrogen) atoms. The van der Waals surface area contributed by atoms with Gasteiger partial charge in [0, 0.05) is 30.8 Å². The second-order valence-electron chi connectivity index (χ2n) is 8.79. The Morgan fingerprint density at radius 3 is 2.54 bits per heavy atom. The van der Waals surface area contributed by atoms with E-state index >= 15 is 0 Å². The molecule has 1 amide bonds. The van der Waals surface area contributed by atoms with Gasteiger partial charge in [-0.05, 0) is 39.0 Å². The largest absolute Gasteiger partial charge is 0.416 e. The Hall–Kier alpha value is -3.24. The maximum atomic E-state index is 13.8. The highest BCUT2D eigenvalue weighted by molar-refractivity contribution is 5.90. The molecule has 0 spiro atoms. The quantitative estimate of drug-likeness (QED) is 0.554. The van der Waals surface area contributed by atoms with Crippen LogP contribution in [0.25, 0.3) is 5.69 Å². The molecule has 10 heteroatoms. The standard InChI is InChI=1S/C25H26F3N5O2/c1-4-31(5-2)23(34)22-29-21-15-32-14-16(3)35-24(32,17-9-7-6-8-10-17)19-13-18(25(26,27)28)11-12-20(19)33(21)30-22/h6-13,16H,4-5,14-15H2,1-3H3. The van der Waals surface area contributed by atoms with Crippen molar-refractivity contribution in [3.05, 3.63) is 76.9 Å². The SMILES string of the molecule is CCN(CC)C(=O)c1nc2n(n1)-c1ccc(C(F)(F)F)cc1C1(c3ccccc3)OC(C)CN1C2. The first-order valence-electron chi connectivity index (χ1n) is 11.6. The molecule has 0 aliphatic carbocycles. The number of carbonyl (C=O) groups is 1. The molecule has 1 aromatic heterocycles. The average Bonchev–Trinajstić information content (AvgIpc) is 3.38. The molecule has 0 radical (unpaired) electrons. The number of fused-ring (bicyclic) bond motifs is 5. The van der Waals surface area contributed by atoms with E-state index in [1.165, 1.54) is 10.7 Å². The van der Waals surface area contributed by atoms with Crippen LogP contribution in [-0.2, 0) is 23.2 Å². The van der Waals surface area contributed by atoms with Crippen molar-refractivity contribution in [1.29, 1.82) is 0 Å². The molecule has 2 aliphatic rings. The van der Waals surface area contributed by atoms with E-state index in [0.717, 1.165) is 17.7 Å². The lowest BCUT2D eigenvalue weighted by Crippen LogP contribution is -2.42. The number of ether oxygens (including phenoxy) is 1. The molecule has 1 saturated heterocycles. The zero-order valence-corrected chi connectivity index (χ0v) is 19.7. The Kier molecular flexibility index (Phi) is 5.68. The first-order valence-corrected chi connectivity index (χ1v) is 11.6. The predicted octanol–water partition coefficient (Wildman–Crippen LogP) is 4.20. The normalized spacial score (nSPS) is 21.7. The summed E-state index contributed by atoms with van der Waals surface area (Å²) in [6, 6.07) is 12.8. The van der Waals surface area contributed by atoms with Crippen molar-refractivity contribution < 1.29 is 22.7 Å². The second kappa shape index (κ2) is 8.46. The van der Waals surface area contributed by atoms with Gasteiger partial charge in [0.15, 0.2) is 5.72 Å². The molecule has 7 nitrogen and oxygen atoms in total. The number of hydrogen-bond acceptors (Lipinski definition) is 5. The summed E-state index contributed by atoms with van der Waals surface area (Å²) < 4.78 is 49.5. The summed E-state index contributed by atoms with van der Waals surface area (Å²) in [5, 5.41) is 4.48. The topological polar surface area (TPSA) is 63.5 Å². The summed E-state index contributed by atoms with van der Waals surface area (Å²) in [5.74, 6) is 0.177. The van der Waals surface area contributed by atoms with E-state index in [0.29, 0.717) is 36.7 Å². The van der Waals surface area contributed by atoms with Crippen LogP contribution >= 0.6 is 0 Å². The highest BCUT2D eigenvalue weighted by Gasteiger charge is 2.52. The maximum Gasteiger partial charge on any atom is 0.416 e. The number of halogens is 3. The van der Waals surface area contributed by atoms with E-state index in [9.17, 15) is 18.0 Å². The van der Waals surface area contributed by atoms with E-state index in [1.54, 1.807) is 4.90 Å². The van der Waals surface area contributed by atoms with Crippen LogP contribution in [0.3, 0.4) is 0 Å². The summed E-state index contributed by atoms with van der Waals surface area (Å²) in [6.07, 6.45) is -4.78. The number of hydrogen-bond donors (Lipinski definition) is 0. The Morgan fingerprint density at radius 2 is 1.89 bits per heavy atom. The highest BCUT2D eigenvalue weighted by atomic mass is 19.4. The van der Waals surface area contributed by atoms with Crippen molar-refractivity contribution in [3.8, 4) is 5.69 Å². The molecule has 0 saturated carbocycles. The molecule has 3 aromatic rings. The Morgan fingerprint density at radius 1 is 1.17 bits per heavy atom. The minimum absolute atomic E-state index is 0.0231. The zero-order chi connectivity index (χ0) is 25.0. The third-order valence-electron chi connectivity index (χ3n) is 6.63. The molecule has 2 atom stereocenters. The van der Waals surface area contributed by atoms with Gasteiger partial charge in [0.2, 0.25) is 5.82 Å². The van der Waals surface area contributed by atoms with E-state index in [2.05, 4.69) is 10.1 Å². The van der Waals surface area contributed by atoms with E-state index in [-0.39, 0.29) is 24.4 Å². The van der Waals surface area contributed by atoms with Crippen molar-refractivity contribution in [1.82, 2.24) is 24.6 Å². The van der Waals surface area contributed by atoms with E-state index < -0.39 is 17.5 Å². The zero-order valence-electron chi connectivity index (χ0n) is 19.7. The summed E-state index contributed by atoms with van der Waals surface area (Å²) in [5.41, 5.74) is -0.608. The minimum Gasteiger partial charge on any atom is -0.347 e. The van der Waals surface area contributed by atoms with Crippen LogP contribution in [0, 0.1) is 0 Å². The predicted molar refractivity (Wildman–Crippen MR) is 122 cm³/mol. The lowest BCUT2D eigenvalue weighted by Gasteiger charge is -2.37. The van der Waals surface area contributed by atoms with Crippen molar-refractivity contribution in [2.75, 3.05) is 19.6 Å². The first-order chi connectivity index (χ1) is 16.7. The maximum absolute atomic E-state index is 13.8. The molecular formula is C25H26F3N5O2. The van der Waals surface area contributed by atoms with Gasteiger partial charge < -0.3 is 9.64 Å². The number of benzene rings is 2. The van der Waals surface area contributed by atoms with Crippen molar-refractivity contribution in [2.24, 2.45) is 0 Å². The van der Waals surface area contributed by atoms with Gasteiger partial charge >= 0.3 is 6.18 Å². The van der Waals surface area contributed by atoms with Crippen LogP contribution in [0.1, 0.15) is 53.9 Å². The van der Waals surface area contributed by atoms with Gasteiger partial charge in [-0.25, -0.2) is 9.67 Å². The number of amides is 1. The molecule has 2 aliphatic heterocycles. The average molecular weight is 486 g/mol. The number of rotatable bonds is 4. The first kappa shape index (κ1) is 23.5. The van der Waals surface area contributed by atoms with Crippen LogP contribution in [0.5, 0.6) is 0 Å². The van der Waals surface area contributed by atoms with Crippen LogP contribution in [0.15, 0.2) is 48.5 Å². The summed E-state index contributed by atoms with van der Waals surface area (Å²) >= 11 is 0. The number of aromatic nitrogens is 3. The van der Waals surface area contributed by atoms with Gasteiger partial charge in [0.25, 0.3) is 5.91 Å². The third-order valence-corrected chi connectivity index (χ3v) is 6.63. The highest BCUT2D eigenvalue weighted by Crippen LogP contribution is 2.48. The molecule has 2 aromatic carbocycles. The molecular weight excluding hydrogens is 459 g/mol. The van der Waals surface area contributed by atoms with Crippen molar-refractivity contribution in [3.63, 3.8) is 0 Å². The van der Waals surface area contributed by atoms with Gasteiger partial charge in [-0.3, -0.25) is 9.69 Å². The van der Waals surface area contributed by atoms with Gasteiger partial charge in [0.05, 0.1) is 23.9 Å². The smallest absolute Gasteiger partial charge is 0.347 e. The van der Waals surface area contributed by atoms with Gasteiger partial charge in [-0.15, -0.1) is 5.10 Å². The van der Waals surface area contributed by atoms with Gasteiger partial charge in [-0.1, -0.05) is 30.3 Å². The van der Waals surface area contributed by atoms with Crippen molar-refractivity contribution in [2.45, 2.75) is 45.3 Å². The molecule has 1 fully saturated rings. The van der Waals surface area contributed by atoms with Crippen LogP contribution < -0.4 is 0 Å². The number of carbonyl (C=O) groups excluding carboxylic acids is 1. The van der Waals surface area contributed by atoms with Gasteiger partial charge in [-0.2, -0.15) is 13.2 Å². The summed E-state index contributed by atoms with van der Waals surface area (Å²) in [7, 11) is 0. The molecule has 184 valence electrons. The Bertz CT molecular complexity index is 1260. The number of nitrogens with zero attached hydrogens (tertiary/aromatic N) is 5. The molecule has 5 rings (SSSR count). The van der Waals surface area contributed by atoms with Crippen LogP contribution in [0.4, 0.5) is 13.2 Å². The lowest BCUT2D eigenvalue weighted by atomic mass is 9.90. The lowest BCUT2D eigenvalue weighted by molar-refractivity contribution is -0.138. The molecule has 2 unspecified atom stereocenters. The second-order valence-corrected chi connectivity index (χ2v) is 8.79. The van der Waals surface area contributed by atoms with Crippen LogP contribution in [-0.4, -0.2) is 56.2 Å². The monoisotopic (exact) mass is 485 g/mol. The fraction of sp³-hybridized carbons (Fsp3) is 0.400.